The van der Waals surface area contributed by atoms with Gasteiger partial charge in [0.2, 0.25) is 0 Å². The van der Waals surface area contributed by atoms with Crippen LogP contribution in [-0.4, -0.2) is 37.1 Å². The summed E-state index contributed by atoms with van der Waals surface area (Å²) in [6, 6.07) is 34.8. The molecule has 69 heavy (non-hydrogen) atoms. The van der Waals surface area contributed by atoms with Gasteiger partial charge >= 0.3 is 23.9 Å². The smallest absolute Gasteiger partial charge is 0.343 e. The van der Waals surface area contributed by atoms with Gasteiger partial charge in [-0.05, 0) is 151 Å². The van der Waals surface area contributed by atoms with Crippen molar-refractivity contribution >= 4 is 34.6 Å². The summed E-state index contributed by atoms with van der Waals surface area (Å²) in [7, 11) is 0. The third-order valence-corrected chi connectivity index (χ3v) is 11.9. The molecule has 6 aromatic carbocycles. The van der Waals surface area contributed by atoms with Crippen molar-refractivity contribution in [3.8, 4) is 34.5 Å². The number of esters is 4. The molecule has 0 atom stereocenters. The summed E-state index contributed by atoms with van der Waals surface area (Å²) in [5, 5.41) is 1.54. The summed E-state index contributed by atoms with van der Waals surface area (Å²) in [5.74, 6) is 0.330. The van der Waals surface area contributed by atoms with E-state index in [-0.39, 0.29) is 17.1 Å². The van der Waals surface area contributed by atoms with Gasteiger partial charge in [0.1, 0.15) is 34.5 Å². The Morgan fingerprint density at radius 2 is 0.667 bits per heavy atom. The van der Waals surface area contributed by atoms with E-state index in [1.807, 2.05) is 0 Å². The lowest BCUT2D eigenvalue weighted by molar-refractivity contribution is 0.0719. The Labute approximate surface area is 407 Å². The molecule has 0 fully saturated rings. The van der Waals surface area contributed by atoms with Crippen LogP contribution in [-0.2, 0) is 0 Å². The average Bonchev–Trinajstić information content (AvgIpc) is 3.37. The molecule has 6 aromatic rings. The van der Waals surface area contributed by atoms with Crippen LogP contribution in [0.25, 0.3) is 10.8 Å². The number of ether oxygens (including phenoxy) is 6. The highest BCUT2D eigenvalue weighted by molar-refractivity contribution is 5.99. The monoisotopic (exact) mass is 934 g/mol. The van der Waals surface area contributed by atoms with Gasteiger partial charge in [-0.3, -0.25) is 0 Å². The lowest BCUT2D eigenvalue weighted by atomic mass is 10.0. The molecule has 0 aliphatic rings. The highest BCUT2D eigenvalue weighted by Crippen LogP contribution is 2.30. The van der Waals surface area contributed by atoms with E-state index in [2.05, 4.69) is 13.8 Å². The molecule has 0 N–H and O–H groups in total. The van der Waals surface area contributed by atoms with E-state index in [4.69, 9.17) is 28.4 Å². The van der Waals surface area contributed by atoms with Gasteiger partial charge in [-0.2, -0.15) is 0 Å². The molecule has 6 rings (SSSR count). The molecule has 0 bridgehead atoms. The minimum atomic E-state index is -0.602. The van der Waals surface area contributed by atoms with Crippen LogP contribution in [0, 0.1) is 6.92 Å². The van der Waals surface area contributed by atoms with Gasteiger partial charge < -0.3 is 28.4 Å². The first-order valence-electron chi connectivity index (χ1n) is 24.8. The molecule has 0 amide bonds. The summed E-state index contributed by atoms with van der Waals surface area (Å²) < 4.78 is 34.3. The van der Waals surface area contributed by atoms with Crippen molar-refractivity contribution in [2.75, 3.05) is 13.2 Å². The molecule has 362 valence electrons. The van der Waals surface area contributed by atoms with Crippen molar-refractivity contribution in [2.45, 2.75) is 124 Å². The van der Waals surface area contributed by atoms with Gasteiger partial charge in [-0.15, -0.1) is 0 Å². The zero-order valence-electron chi connectivity index (χ0n) is 40.4. The number of rotatable bonds is 28. The van der Waals surface area contributed by atoms with Gasteiger partial charge in [0, 0.05) is 0 Å². The molecule has 0 aromatic heterocycles. The Kier molecular flexibility index (Phi) is 20.7. The molecular formula is C59H66O10. The Morgan fingerprint density at radius 1 is 0.348 bits per heavy atom. The lowest BCUT2D eigenvalue weighted by Gasteiger charge is -2.12. The second kappa shape index (κ2) is 27.8. The Balaban J connectivity index is 0.936. The van der Waals surface area contributed by atoms with Crippen molar-refractivity contribution in [1.29, 1.82) is 0 Å². The first-order chi connectivity index (χ1) is 33.7. The third kappa shape index (κ3) is 16.7. The fraction of sp³-hybridized carbons (Fsp3) is 0.356. The predicted octanol–water partition coefficient (Wildman–Crippen LogP) is 15.1. The Morgan fingerprint density at radius 3 is 1.09 bits per heavy atom. The van der Waals surface area contributed by atoms with Crippen LogP contribution >= 0.6 is 0 Å². The second-order valence-corrected chi connectivity index (χ2v) is 17.4. The SMILES string of the molecule is CCCCCCCCCCOc1ccc(C(=O)Oc2ccc(OC(=O)c3ccc4ccc(OC(=O)c5ccc(OC(=O)c6ccc(OCCCCCCCCCC)cc6)cc5)c(C)c4c3)cc2)cc1. The normalized spacial score (nSPS) is 10.9. The van der Waals surface area contributed by atoms with E-state index >= 15 is 0 Å². The number of unbranched alkanes of at least 4 members (excludes halogenated alkanes) is 14. The number of benzene rings is 6. The molecular weight excluding hydrogens is 869 g/mol. The molecule has 0 heterocycles. The molecule has 0 saturated carbocycles. The number of carbonyl (C=O) groups excluding carboxylic acids is 4. The summed E-state index contributed by atoms with van der Waals surface area (Å²) in [4.78, 5) is 52.2. The summed E-state index contributed by atoms with van der Waals surface area (Å²) in [6.45, 7) is 7.54. The first-order valence-corrected chi connectivity index (χ1v) is 24.8. The van der Waals surface area contributed by atoms with Crippen LogP contribution in [0.3, 0.4) is 0 Å². The molecule has 10 heteroatoms. The van der Waals surface area contributed by atoms with E-state index in [9.17, 15) is 19.2 Å². The minimum Gasteiger partial charge on any atom is -0.494 e. The van der Waals surface area contributed by atoms with Crippen molar-refractivity contribution < 1.29 is 47.6 Å². The molecule has 0 unspecified atom stereocenters. The van der Waals surface area contributed by atoms with Crippen molar-refractivity contribution in [3.63, 3.8) is 0 Å². The van der Waals surface area contributed by atoms with Gasteiger partial charge in [-0.25, -0.2) is 19.2 Å². The topological polar surface area (TPSA) is 124 Å². The zero-order chi connectivity index (χ0) is 48.6. The van der Waals surface area contributed by atoms with Crippen LogP contribution in [0.5, 0.6) is 34.5 Å². The van der Waals surface area contributed by atoms with Crippen LogP contribution < -0.4 is 28.4 Å². The summed E-state index contributed by atoms with van der Waals surface area (Å²) in [6.07, 6.45) is 19.7. The van der Waals surface area contributed by atoms with Crippen molar-refractivity contribution in [1.82, 2.24) is 0 Å². The number of carbonyl (C=O) groups is 4. The van der Waals surface area contributed by atoms with E-state index < -0.39 is 23.9 Å². The van der Waals surface area contributed by atoms with E-state index in [0.717, 1.165) is 31.1 Å². The fourth-order valence-electron chi connectivity index (χ4n) is 7.80. The van der Waals surface area contributed by atoms with Crippen molar-refractivity contribution in [3.05, 3.63) is 155 Å². The second-order valence-electron chi connectivity index (χ2n) is 17.4. The highest BCUT2D eigenvalue weighted by Gasteiger charge is 2.17. The van der Waals surface area contributed by atoms with Gasteiger partial charge in [0.05, 0.1) is 35.5 Å². The molecule has 10 nitrogen and oxygen atoms in total. The molecule has 0 spiro atoms. The summed E-state index contributed by atoms with van der Waals surface area (Å²) in [5.41, 5.74) is 1.96. The Bertz CT molecular complexity index is 2550. The average molecular weight is 935 g/mol. The first kappa shape index (κ1) is 51.5. The van der Waals surface area contributed by atoms with Gasteiger partial charge in [0.15, 0.2) is 0 Å². The fourth-order valence-corrected chi connectivity index (χ4v) is 7.80. The van der Waals surface area contributed by atoms with E-state index in [1.165, 1.54) is 101 Å². The maximum Gasteiger partial charge on any atom is 0.343 e. The van der Waals surface area contributed by atoms with Crippen LogP contribution in [0.15, 0.2) is 127 Å². The standard InChI is InChI=1S/C59H66O10/c1-4-6-8-10-12-14-16-18-40-64-49-29-22-45(23-30-49)56(60)66-51-33-26-47(27-34-51)58(62)69-55-39-28-44-20-21-48(42-54(44)43(55)3)59(63)68-53-37-35-52(36-38-53)67-57(61)46-24-31-50(32-25-46)65-41-19-17-15-13-11-9-7-5-2/h20-39,42H,4-19,40-41H2,1-3H3. The molecule has 0 radical (unpaired) electrons. The summed E-state index contributed by atoms with van der Waals surface area (Å²) >= 11 is 0. The van der Waals surface area contributed by atoms with Crippen LogP contribution in [0.4, 0.5) is 0 Å². The van der Waals surface area contributed by atoms with Crippen molar-refractivity contribution in [2.24, 2.45) is 0 Å². The Hall–Kier alpha value is -6.94. The van der Waals surface area contributed by atoms with E-state index in [1.54, 1.807) is 110 Å². The predicted molar refractivity (Wildman–Crippen MR) is 270 cm³/mol. The highest BCUT2D eigenvalue weighted by atomic mass is 16.5. The number of fused-ring (bicyclic) bond motifs is 1. The van der Waals surface area contributed by atoms with E-state index in [0.29, 0.717) is 63.9 Å². The van der Waals surface area contributed by atoms with Gasteiger partial charge in [-0.1, -0.05) is 116 Å². The molecule has 0 aliphatic carbocycles. The number of hydrogen-bond acceptors (Lipinski definition) is 10. The minimum absolute atomic E-state index is 0.258. The third-order valence-electron chi connectivity index (χ3n) is 11.9. The largest absolute Gasteiger partial charge is 0.494 e. The number of hydrogen-bond donors (Lipinski definition) is 0. The quantitative estimate of drug-likeness (QED) is 0.0267. The molecule has 0 saturated heterocycles. The van der Waals surface area contributed by atoms with Gasteiger partial charge in [0.25, 0.3) is 0 Å². The van der Waals surface area contributed by atoms with Crippen LogP contribution in [0.2, 0.25) is 0 Å². The molecule has 0 aliphatic heterocycles. The van der Waals surface area contributed by atoms with Crippen LogP contribution in [0.1, 0.15) is 164 Å². The number of aryl methyl sites for hydroxylation is 1. The maximum atomic E-state index is 13.3. The lowest BCUT2D eigenvalue weighted by Crippen LogP contribution is -2.11. The maximum absolute atomic E-state index is 13.3. The zero-order valence-corrected chi connectivity index (χ0v) is 40.4.